The molecule has 1 aliphatic carbocycles. The molecular weight excluding hydrogens is 260 g/mol. The van der Waals surface area contributed by atoms with Crippen molar-refractivity contribution in [3.8, 4) is 0 Å². The molecule has 1 heterocycles. The Balaban J connectivity index is 2.32. The van der Waals surface area contributed by atoms with Crippen molar-refractivity contribution in [3.05, 3.63) is 11.9 Å². The van der Waals surface area contributed by atoms with Crippen LogP contribution in [0.25, 0.3) is 0 Å². The number of imidazole rings is 1. The average Bonchev–Trinajstić information content (AvgIpc) is 2.93. The van der Waals surface area contributed by atoms with Crippen molar-refractivity contribution in [3.63, 3.8) is 0 Å². The highest BCUT2D eigenvalue weighted by Gasteiger charge is 2.28. The van der Waals surface area contributed by atoms with Gasteiger partial charge in [-0.15, -0.1) is 0 Å². The van der Waals surface area contributed by atoms with Crippen LogP contribution in [0.15, 0.2) is 11.4 Å². The first kappa shape index (κ1) is 14.4. The maximum absolute atomic E-state index is 10.8. The second kappa shape index (κ2) is 5.57. The first-order chi connectivity index (χ1) is 8.89. The smallest absolute Gasteiger partial charge is 0.313 e. The molecule has 0 amide bonds. The van der Waals surface area contributed by atoms with Gasteiger partial charge in [0.05, 0.1) is 5.75 Å². The van der Waals surface area contributed by atoms with Crippen molar-refractivity contribution in [1.29, 1.82) is 0 Å². The third-order valence-electron chi connectivity index (χ3n) is 3.55. The number of rotatable bonds is 4. The number of aliphatic carboxylic acids is 1. The minimum atomic E-state index is -0.789. The number of hydrogen-bond donors (Lipinski definition) is 1. The Bertz CT molecular complexity index is 457. The number of carboxylic acids is 1. The molecule has 1 saturated carbocycles. The van der Waals surface area contributed by atoms with Crippen LogP contribution in [0.5, 0.6) is 0 Å². The Labute approximate surface area is 118 Å². The van der Waals surface area contributed by atoms with Gasteiger partial charge < -0.3 is 9.67 Å². The second-order valence-electron chi connectivity index (χ2n) is 6.17. The highest BCUT2D eigenvalue weighted by Crippen LogP contribution is 2.37. The Morgan fingerprint density at radius 3 is 2.63 bits per heavy atom. The van der Waals surface area contributed by atoms with Crippen molar-refractivity contribution in [2.45, 2.75) is 63.1 Å². The third-order valence-corrected chi connectivity index (χ3v) is 4.50. The van der Waals surface area contributed by atoms with Crippen LogP contribution in [0.2, 0.25) is 0 Å². The number of carbonyl (C=O) groups is 1. The fourth-order valence-corrected chi connectivity index (χ4v) is 3.41. The van der Waals surface area contributed by atoms with E-state index in [0.717, 1.165) is 5.16 Å². The number of aromatic nitrogens is 2. The van der Waals surface area contributed by atoms with Crippen molar-refractivity contribution in [2.75, 3.05) is 5.75 Å². The minimum absolute atomic E-state index is 0.0393. The van der Waals surface area contributed by atoms with Gasteiger partial charge in [0, 0.05) is 23.3 Å². The van der Waals surface area contributed by atoms with Crippen LogP contribution in [0.4, 0.5) is 0 Å². The standard InChI is InChI=1S/C14H22N2O2S/c1-14(2,3)11-8-15-13(19-9-12(17)18)16(11)10-6-4-5-7-10/h8,10H,4-7,9H2,1-3H3,(H,17,18). The van der Waals surface area contributed by atoms with Crippen molar-refractivity contribution < 1.29 is 9.90 Å². The second-order valence-corrected chi connectivity index (χ2v) is 7.11. The molecule has 1 N–H and O–H groups in total. The van der Waals surface area contributed by atoms with E-state index in [2.05, 4.69) is 30.3 Å². The molecule has 0 aliphatic heterocycles. The summed E-state index contributed by atoms with van der Waals surface area (Å²) in [5.41, 5.74) is 1.25. The fraction of sp³-hybridized carbons (Fsp3) is 0.714. The number of hydrogen-bond acceptors (Lipinski definition) is 3. The Morgan fingerprint density at radius 1 is 1.47 bits per heavy atom. The summed E-state index contributed by atoms with van der Waals surface area (Å²) in [5, 5.41) is 9.70. The molecule has 0 aromatic carbocycles. The molecule has 0 bridgehead atoms. The van der Waals surface area contributed by atoms with Crippen LogP contribution < -0.4 is 0 Å². The molecule has 2 rings (SSSR count). The van der Waals surface area contributed by atoms with Crippen LogP contribution in [0.1, 0.15) is 58.2 Å². The van der Waals surface area contributed by atoms with Gasteiger partial charge in [0.2, 0.25) is 0 Å². The monoisotopic (exact) mass is 282 g/mol. The summed E-state index contributed by atoms with van der Waals surface area (Å²) < 4.78 is 2.29. The molecule has 1 fully saturated rings. The van der Waals surface area contributed by atoms with Crippen molar-refractivity contribution in [1.82, 2.24) is 9.55 Å². The highest BCUT2D eigenvalue weighted by atomic mass is 32.2. The van der Waals surface area contributed by atoms with Crippen molar-refractivity contribution >= 4 is 17.7 Å². The van der Waals surface area contributed by atoms with Crippen LogP contribution >= 0.6 is 11.8 Å². The predicted molar refractivity (Wildman–Crippen MR) is 76.8 cm³/mol. The molecule has 0 atom stereocenters. The number of carboxylic acid groups (broad SMARTS) is 1. The highest BCUT2D eigenvalue weighted by molar-refractivity contribution is 7.99. The summed E-state index contributed by atoms with van der Waals surface area (Å²) in [6.07, 6.45) is 6.80. The lowest BCUT2D eigenvalue weighted by Crippen LogP contribution is -2.20. The zero-order valence-corrected chi connectivity index (χ0v) is 12.7. The molecule has 1 aliphatic rings. The van der Waals surface area contributed by atoms with Gasteiger partial charge in [-0.2, -0.15) is 0 Å². The van der Waals surface area contributed by atoms with Crippen LogP contribution in [0, 0.1) is 0 Å². The van der Waals surface area contributed by atoms with E-state index in [1.54, 1.807) is 0 Å². The quantitative estimate of drug-likeness (QED) is 0.859. The van der Waals surface area contributed by atoms with Gasteiger partial charge in [-0.1, -0.05) is 45.4 Å². The lowest BCUT2D eigenvalue weighted by atomic mass is 9.92. The molecule has 19 heavy (non-hydrogen) atoms. The van der Waals surface area contributed by atoms with Gasteiger partial charge in [-0.3, -0.25) is 4.79 Å². The summed E-state index contributed by atoms with van der Waals surface area (Å²) >= 11 is 1.33. The summed E-state index contributed by atoms with van der Waals surface area (Å²) in [5.74, 6) is -0.712. The lowest BCUT2D eigenvalue weighted by Gasteiger charge is -2.25. The summed E-state index contributed by atoms with van der Waals surface area (Å²) in [6, 6.07) is 0.494. The van der Waals surface area contributed by atoms with Gasteiger partial charge in [-0.25, -0.2) is 4.98 Å². The van der Waals surface area contributed by atoms with E-state index < -0.39 is 5.97 Å². The SMILES string of the molecule is CC(C)(C)c1cnc(SCC(=O)O)n1C1CCCC1. The maximum Gasteiger partial charge on any atom is 0.313 e. The molecule has 1 aromatic heterocycles. The van der Waals surface area contributed by atoms with E-state index in [1.165, 1.54) is 43.1 Å². The molecular formula is C14H22N2O2S. The van der Waals surface area contributed by atoms with Gasteiger partial charge in [-0.05, 0) is 12.8 Å². The molecule has 1 aromatic rings. The number of nitrogens with zero attached hydrogens (tertiary/aromatic N) is 2. The van der Waals surface area contributed by atoms with E-state index in [4.69, 9.17) is 5.11 Å². The molecule has 0 spiro atoms. The van der Waals surface area contributed by atoms with E-state index in [-0.39, 0.29) is 11.2 Å². The van der Waals surface area contributed by atoms with E-state index in [9.17, 15) is 4.79 Å². The molecule has 0 saturated heterocycles. The first-order valence-electron chi connectivity index (χ1n) is 6.82. The molecule has 4 nitrogen and oxygen atoms in total. The van der Waals surface area contributed by atoms with Crippen LogP contribution in [-0.2, 0) is 10.2 Å². The Hall–Kier alpha value is -0.970. The normalized spacial score (nSPS) is 17.0. The predicted octanol–water partition coefficient (Wildman–Crippen LogP) is 3.47. The summed E-state index contributed by atoms with van der Waals surface area (Å²) in [6.45, 7) is 6.54. The van der Waals surface area contributed by atoms with Gasteiger partial charge in [0.15, 0.2) is 5.16 Å². The fourth-order valence-electron chi connectivity index (χ4n) is 2.65. The average molecular weight is 282 g/mol. The largest absolute Gasteiger partial charge is 0.481 e. The zero-order chi connectivity index (χ0) is 14.0. The molecule has 5 heteroatoms. The summed E-state index contributed by atoms with van der Waals surface area (Å²) in [7, 11) is 0. The molecule has 0 unspecified atom stereocenters. The lowest BCUT2D eigenvalue weighted by molar-refractivity contribution is -0.133. The van der Waals surface area contributed by atoms with E-state index >= 15 is 0 Å². The third kappa shape index (κ3) is 3.32. The Morgan fingerprint density at radius 2 is 2.11 bits per heavy atom. The number of thioether (sulfide) groups is 1. The van der Waals surface area contributed by atoms with Gasteiger partial charge in [0.1, 0.15) is 0 Å². The Kier molecular flexibility index (Phi) is 4.23. The molecule has 0 radical (unpaired) electrons. The minimum Gasteiger partial charge on any atom is -0.481 e. The van der Waals surface area contributed by atoms with Gasteiger partial charge >= 0.3 is 5.97 Å². The molecule has 106 valence electrons. The topological polar surface area (TPSA) is 55.1 Å². The van der Waals surface area contributed by atoms with E-state index in [1.807, 2.05) is 6.20 Å². The summed E-state index contributed by atoms with van der Waals surface area (Å²) in [4.78, 5) is 15.2. The first-order valence-corrected chi connectivity index (χ1v) is 7.80. The maximum atomic E-state index is 10.8. The van der Waals surface area contributed by atoms with Crippen LogP contribution in [0.3, 0.4) is 0 Å². The van der Waals surface area contributed by atoms with Gasteiger partial charge in [0.25, 0.3) is 0 Å². The van der Waals surface area contributed by atoms with Crippen LogP contribution in [-0.4, -0.2) is 26.4 Å². The van der Waals surface area contributed by atoms with E-state index in [0.29, 0.717) is 6.04 Å². The van der Waals surface area contributed by atoms with Crippen molar-refractivity contribution in [2.24, 2.45) is 0 Å². The zero-order valence-electron chi connectivity index (χ0n) is 11.8.